The molecule has 0 bridgehead atoms. The van der Waals surface area contributed by atoms with Gasteiger partial charge in [0.2, 0.25) is 5.91 Å². The van der Waals surface area contributed by atoms with Crippen LogP contribution in [0, 0.1) is 0 Å². The normalized spacial score (nSPS) is 16.3. The maximum absolute atomic E-state index is 13.1. The van der Waals surface area contributed by atoms with E-state index in [1.807, 2.05) is 54.6 Å². The number of hydrogen-bond acceptors (Lipinski definition) is 6. The molecule has 2 heterocycles. The topological polar surface area (TPSA) is 84.9 Å². The minimum Gasteiger partial charge on any atom is -0.497 e. The van der Waals surface area contributed by atoms with Crippen molar-refractivity contribution in [1.29, 1.82) is 0 Å². The van der Waals surface area contributed by atoms with Crippen molar-refractivity contribution in [1.82, 2.24) is 19.8 Å². The maximum Gasteiger partial charge on any atom is 0.274 e. The molecule has 1 aliphatic heterocycles. The maximum atomic E-state index is 13.1. The molecule has 0 spiro atoms. The second kappa shape index (κ2) is 11.4. The summed E-state index contributed by atoms with van der Waals surface area (Å²) in [5, 5.41) is 0. The second-order valence-electron chi connectivity index (χ2n) is 8.14. The van der Waals surface area contributed by atoms with Crippen LogP contribution >= 0.6 is 0 Å². The minimum atomic E-state index is -0.353. The molecule has 176 valence electrons. The molecule has 0 saturated carbocycles. The molecule has 8 nitrogen and oxygen atoms in total. The van der Waals surface area contributed by atoms with Gasteiger partial charge in [0.25, 0.3) is 5.91 Å². The van der Waals surface area contributed by atoms with Gasteiger partial charge in [-0.25, -0.2) is 4.98 Å². The van der Waals surface area contributed by atoms with E-state index in [9.17, 15) is 9.59 Å². The van der Waals surface area contributed by atoms with Crippen molar-refractivity contribution >= 4 is 11.8 Å². The lowest BCUT2D eigenvalue weighted by molar-refractivity contribution is -0.131. The molecule has 3 aromatic rings. The third kappa shape index (κ3) is 6.17. The first kappa shape index (κ1) is 23.4. The Hall–Kier alpha value is -3.78. The van der Waals surface area contributed by atoms with Crippen LogP contribution < -0.4 is 4.74 Å². The van der Waals surface area contributed by atoms with Crippen LogP contribution in [0.2, 0.25) is 0 Å². The van der Waals surface area contributed by atoms with Crippen molar-refractivity contribution in [2.24, 2.45) is 0 Å². The highest BCUT2D eigenvalue weighted by Gasteiger charge is 2.31. The molecule has 34 heavy (non-hydrogen) atoms. The zero-order chi connectivity index (χ0) is 23.8. The Balaban J connectivity index is 1.49. The summed E-state index contributed by atoms with van der Waals surface area (Å²) in [5.74, 6) is 0.308. The second-order valence-corrected chi connectivity index (χ2v) is 8.14. The highest BCUT2D eigenvalue weighted by Crippen LogP contribution is 2.17. The molecular weight excluding hydrogens is 432 g/mol. The Morgan fingerprint density at radius 1 is 1.06 bits per heavy atom. The first-order valence-electron chi connectivity index (χ1n) is 11.2. The average Bonchev–Trinajstić information content (AvgIpc) is 3.05. The summed E-state index contributed by atoms with van der Waals surface area (Å²) in [6.45, 7) is 1.56. The predicted molar refractivity (Wildman–Crippen MR) is 126 cm³/mol. The van der Waals surface area contributed by atoms with Crippen molar-refractivity contribution in [2.75, 3.05) is 33.3 Å². The number of rotatable bonds is 8. The fourth-order valence-electron chi connectivity index (χ4n) is 3.91. The first-order chi connectivity index (χ1) is 16.6. The fraction of sp³-hybridized carbons (Fsp3) is 0.308. The Morgan fingerprint density at radius 2 is 1.88 bits per heavy atom. The van der Waals surface area contributed by atoms with E-state index in [2.05, 4.69) is 9.97 Å². The number of ether oxygens (including phenoxy) is 2. The van der Waals surface area contributed by atoms with Gasteiger partial charge in [-0.1, -0.05) is 42.5 Å². The van der Waals surface area contributed by atoms with Crippen LogP contribution in [0.15, 0.2) is 73.2 Å². The zero-order valence-electron chi connectivity index (χ0n) is 19.2. The molecule has 2 aromatic carbocycles. The quantitative estimate of drug-likeness (QED) is 0.514. The number of nitrogens with zero attached hydrogens (tertiary/aromatic N) is 4. The van der Waals surface area contributed by atoms with Gasteiger partial charge >= 0.3 is 0 Å². The molecule has 0 unspecified atom stereocenters. The number of methoxy groups -OCH3 is 1. The average molecular weight is 461 g/mol. The fourth-order valence-corrected chi connectivity index (χ4v) is 3.91. The van der Waals surface area contributed by atoms with Gasteiger partial charge in [-0.3, -0.25) is 14.6 Å². The Bertz CT molecular complexity index is 1090. The minimum absolute atomic E-state index is 0.0246. The van der Waals surface area contributed by atoms with E-state index in [0.29, 0.717) is 19.7 Å². The SMILES string of the molecule is COc1cccc(CO[C@@H]2CN(CCc3ccccc3)C(=O)CN(C(=O)c3cnccn3)C2)c1. The molecule has 8 heteroatoms. The van der Waals surface area contributed by atoms with Gasteiger partial charge in [-0.15, -0.1) is 0 Å². The Morgan fingerprint density at radius 3 is 2.65 bits per heavy atom. The summed E-state index contributed by atoms with van der Waals surface area (Å²) in [7, 11) is 1.62. The Kier molecular flexibility index (Phi) is 7.83. The molecule has 0 N–H and O–H groups in total. The van der Waals surface area contributed by atoms with Gasteiger partial charge in [0.1, 0.15) is 18.0 Å². The third-order valence-electron chi connectivity index (χ3n) is 5.73. The molecule has 1 aromatic heterocycles. The van der Waals surface area contributed by atoms with Gasteiger partial charge < -0.3 is 19.3 Å². The zero-order valence-corrected chi connectivity index (χ0v) is 19.2. The number of benzene rings is 2. The van der Waals surface area contributed by atoms with E-state index in [1.54, 1.807) is 12.0 Å². The molecule has 0 radical (unpaired) electrons. The lowest BCUT2D eigenvalue weighted by Gasteiger charge is -2.25. The molecule has 0 aliphatic carbocycles. The van der Waals surface area contributed by atoms with Gasteiger partial charge in [0, 0.05) is 32.0 Å². The first-order valence-corrected chi connectivity index (χ1v) is 11.2. The van der Waals surface area contributed by atoms with Gasteiger partial charge in [0.15, 0.2) is 0 Å². The smallest absolute Gasteiger partial charge is 0.274 e. The van der Waals surface area contributed by atoms with Crippen molar-refractivity contribution in [3.63, 3.8) is 0 Å². The molecule has 1 saturated heterocycles. The van der Waals surface area contributed by atoms with Crippen LogP contribution in [-0.4, -0.2) is 71.0 Å². The largest absolute Gasteiger partial charge is 0.497 e. The summed E-state index contributed by atoms with van der Waals surface area (Å²) < 4.78 is 11.5. The molecular formula is C26H28N4O4. The van der Waals surface area contributed by atoms with E-state index < -0.39 is 0 Å². The number of hydrogen-bond donors (Lipinski definition) is 0. The van der Waals surface area contributed by atoms with Crippen molar-refractivity contribution in [2.45, 2.75) is 19.1 Å². The van der Waals surface area contributed by atoms with E-state index in [1.165, 1.54) is 23.5 Å². The molecule has 1 fully saturated rings. The molecule has 4 rings (SSSR count). The summed E-state index contributed by atoms with van der Waals surface area (Å²) >= 11 is 0. The molecule has 2 amide bonds. The van der Waals surface area contributed by atoms with Crippen LogP contribution in [0.25, 0.3) is 0 Å². The lowest BCUT2D eigenvalue weighted by Crippen LogP contribution is -2.40. The summed E-state index contributed by atoms with van der Waals surface area (Å²) in [5.41, 5.74) is 2.32. The summed E-state index contributed by atoms with van der Waals surface area (Å²) in [4.78, 5) is 37.6. The highest BCUT2D eigenvalue weighted by atomic mass is 16.5. The number of carbonyl (C=O) groups excluding carboxylic acids is 2. The number of amides is 2. The van der Waals surface area contributed by atoms with Crippen LogP contribution in [-0.2, 0) is 22.6 Å². The highest BCUT2D eigenvalue weighted by molar-refractivity contribution is 5.95. The van der Waals surface area contributed by atoms with Crippen molar-refractivity contribution < 1.29 is 19.1 Å². The molecule has 1 aliphatic rings. The van der Waals surface area contributed by atoms with Crippen LogP contribution in [0.5, 0.6) is 5.75 Å². The van der Waals surface area contributed by atoms with Crippen molar-refractivity contribution in [3.05, 3.63) is 90.0 Å². The Labute approximate surface area is 199 Å². The van der Waals surface area contributed by atoms with Crippen LogP contribution in [0.4, 0.5) is 0 Å². The van der Waals surface area contributed by atoms with Crippen LogP contribution in [0.1, 0.15) is 21.6 Å². The van der Waals surface area contributed by atoms with E-state index in [-0.39, 0.29) is 36.7 Å². The van der Waals surface area contributed by atoms with Gasteiger partial charge in [0.05, 0.1) is 26.0 Å². The van der Waals surface area contributed by atoms with E-state index in [4.69, 9.17) is 9.47 Å². The van der Waals surface area contributed by atoms with Gasteiger partial charge in [-0.2, -0.15) is 0 Å². The summed E-state index contributed by atoms with van der Waals surface area (Å²) in [6, 6.07) is 17.7. The van der Waals surface area contributed by atoms with E-state index in [0.717, 1.165) is 23.3 Å². The third-order valence-corrected chi connectivity index (χ3v) is 5.73. The molecule has 1 atom stereocenters. The van der Waals surface area contributed by atoms with Crippen LogP contribution in [0.3, 0.4) is 0 Å². The van der Waals surface area contributed by atoms with Crippen molar-refractivity contribution in [3.8, 4) is 5.75 Å². The van der Waals surface area contributed by atoms with E-state index >= 15 is 0 Å². The predicted octanol–water partition coefficient (Wildman–Crippen LogP) is 2.60. The monoisotopic (exact) mass is 460 g/mol. The van der Waals surface area contributed by atoms with Gasteiger partial charge in [-0.05, 0) is 29.7 Å². The summed E-state index contributed by atoms with van der Waals surface area (Å²) in [6.07, 6.45) is 4.77. The standard InChI is InChI=1S/C26H28N4O4/c1-33-22-9-5-8-21(14-22)19-34-23-16-29(13-10-20-6-3-2-4-7-20)25(31)18-30(17-23)26(32)24-15-27-11-12-28-24/h2-9,11-12,14-15,23H,10,13,16-19H2,1H3/t23-/m1/s1. The number of aromatic nitrogens is 2. The lowest BCUT2D eigenvalue weighted by atomic mass is 10.1. The number of carbonyl (C=O) groups is 2.